The predicted molar refractivity (Wildman–Crippen MR) is 101 cm³/mol. The fourth-order valence-corrected chi connectivity index (χ4v) is 4.09. The minimum absolute atomic E-state index is 0.00629. The van der Waals surface area contributed by atoms with E-state index < -0.39 is 0 Å². The molecule has 1 aliphatic rings. The first-order valence-corrected chi connectivity index (χ1v) is 9.85. The summed E-state index contributed by atoms with van der Waals surface area (Å²) in [5.74, 6) is 1.39. The van der Waals surface area contributed by atoms with Gasteiger partial charge in [0.05, 0.1) is 17.9 Å². The lowest BCUT2D eigenvalue weighted by molar-refractivity contribution is 0.0575. The highest BCUT2D eigenvalue weighted by atomic mass is 35.5. The first-order valence-electron chi connectivity index (χ1n) is 8.59. The van der Waals surface area contributed by atoms with Gasteiger partial charge in [0.1, 0.15) is 16.7 Å². The standard InChI is InChI=1S/C19H18ClN3O2S/c20-14-5-3-4-13(8-14)9-15-10-22-18(25-15)16-6-1-2-7-23(16)19(24)17-11-21-12-26-17/h3-5,8,10-12,16H,1-2,6-7,9H2/t16-/m1/s1. The van der Waals surface area contributed by atoms with Crippen molar-refractivity contribution in [1.82, 2.24) is 14.9 Å². The number of aromatic nitrogens is 2. The third kappa shape index (κ3) is 3.66. The molecule has 134 valence electrons. The number of hydrogen-bond donors (Lipinski definition) is 0. The van der Waals surface area contributed by atoms with Crippen molar-refractivity contribution in [2.24, 2.45) is 0 Å². The first-order chi connectivity index (χ1) is 12.7. The molecular weight excluding hydrogens is 370 g/mol. The Bertz CT molecular complexity index is 894. The number of carbonyl (C=O) groups excluding carboxylic acids is 1. The molecule has 1 atom stereocenters. The third-order valence-electron chi connectivity index (χ3n) is 4.53. The van der Waals surface area contributed by atoms with Crippen molar-refractivity contribution in [3.05, 3.63) is 69.3 Å². The molecule has 1 saturated heterocycles. The molecule has 4 rings (SSSR count). The van der Waals surface area contributed by atoms with E-state index in [0.717, 1.165) is 30.6 Å². The summed E-state index contributed by atoms with van der Waals surface area (Å²) in [5, 5.41) is 0.704. The number of nitrogens with zero attached hydrogens (tertiary/aromatic N) is 3. The van der Waals surface area contributed by atoms with E-state index in [0.29, 0.717) is 28.8 Å². The lowest BCUT2D eigenvalue weighted by Gasteiger charge is -2.33. The Kier molecular flexibility index (Phi) is 5.04. The molecule has 0 spiro atoms. The lowest BCUT2D eigenvalue weighted by atomic mass is 10.0. The van der Waals surface area contributed by atoms with E-state index in [-0.39, 0.29) is 11.9 Å². The number of oxazole rings is 1. The summed E-state index contributed by atoms with van der Waals surface area (Å²) in [6, 6.07) is 7.58. The molecule has 0 bridgehead atoms. The van der Waals surface area contributed by atoms with Gasteiger partial charge in [0, 0.05) is 18.0 Å². The van der Waals surface area contributed by atoms with Gasteiger partial charge in [0.2, 0.25) is 5.89 Å². The maximum Gasteiger partial charge on any atom is 0.266 e. The first kappa shape index (κ1) is 17.2. The van der Waals surface area contributed by atoms with Crippen molar-refractivity contribution in [2.45, 2.75) is 31.7 Å². The number of halogens is 1. The Morgan fingerprint density at radius 3 is 3.08 bits per heavy atom. The van der Waals surface area contributed by atoms with Crippen LogP contribution >= 0.6 is 22.9 Å². The van der Waals surface area contributed by atoms with Gasteiger partial charge in [0.25, 0.3) is 5.91 Å². The van der Waals surface area contributed by atoms with E-state index >= 15 is 0 Å². The quantitative estimate of drug-likeness (QED) is 0.648. The number of amides is 1. The monoisotopic (exact) mass is 387 g/mol. The Labute approximate surface area is 160 Å². The molecule has 1 fully saturated rings. The molecule has 0 aliphatic carbocycles. The molecule has 0 N–H and O–H groups in total. The summed E-state index contributed by atoms with van der Waals surface area (Å²) in [6.07, 6.45) is 6.92. The van der Waals surface area contributed by atoms with E-state index in [9.17, 15) is 4.79 Å². The van der Waals surface area contributed by atoms with Gasteiger partial charge in [-0.2, -0.15) is 0 Å². The van der Waals surface area contributed by atoms with Crippen LogP contribution in [0.15, 0.2) is 46.6 Å². The SMILES string of the molecule is O=C(c1cncs1)N1CCCC[C@@H]1c1ncc(Cc2cccc(Cl)c2)o1. The predicted octanol–water partition coefficient (Wildman–Crippen LogP) is 4.74. The Balaban J connectivity index is 1.54. The van der Waals surface area contributed by atoms with Crippen LogP contribution in [0.2, 0.25) is 5.02 Å². The molecule has 0 unspecified atom stereocenters. The maximum atomic E-state index is 12.8. The average Bonchev–Trinajstić information content (AvgIpc) is 3.33. The van der Waals surface area contributed by atoms with Crippen LogP contribution in [-0.4, -0.2) is 27.3 Å². The van der Waals surface area contributed by atoms with Gasteiger partial charge < -0.3 is 9.32 Å². The van der Waals surface area contributed by atoms with E-state index in [1.54, 1.807) is 17.9 Å². The molecule has 26 heavy (non-hydrogen) atoms. The molecule has 0 saturated carbocycles. The van der Waals surface area contributed by atoms with E-state index in [2.05, 4.69) is 9.97 Å². The number of piperidine rings is 1. The molecule has 1 amide bonds. The molecule has 1 aromatic carbocycles. The van der Waals surface area contributed by atoms with Gasteiger partial charge in [-0.1, -0.05) is 23.7 Å². The van der Waals surface area contributed by atoms with Crippen LogP contribution in [0.25, 0.3) is 0 Å². The maximum absolute atomic E-state index is 12.8. The van der Waals surface area contributed by atoms with Gasteiger partial charge in [-0.05, 0) is 37.0 Å². The van der Waals surface area contributed by atoms with Gasteiger partial charge >= 0.3 is 0 Å². The van der Waals surface area contributed by atoms with Crippen molar-refractivity contribution in [2.75, 3.05) is 6.54 Å². The van der Waals surface area contributed by atoms with E-state index in [4.69, 9.17) is 16.0 Å². The molecule has 3 aromatic rings. The topological polar surface area (TPSA) is 59.2 Å². The second kappa shape index (κ2) is 7.60. The van der Waals surface area contributed by atoms with Gasteiger partial charge in [-0.15, -0.1) is 11.3 Å². The summed E-state index contributed by atoms with van der Waals surface area (Å²) in [4.78, 5) is 23.8. The number of hydrogen-bond acceptors (Lipinski definition) is 5. The Morgan fingerprint density at radius 2 is 2.27 bits per heavy atom. The van der Waals surface area contributed by atoms with Gasteiger partial charge in [-0.25, -0.2) is 4.98 Å². The highest BCUT2D eigenvalue weighted by Crippen LogP contribution is 2.32. The van der Waals surface area contributed by atoms with Gasteiger partial charge in [-0.3, -0.25) is 9.78 Å². The number of carbonyl (C=O) groups is 1. The molecule has 5 nitrogen and oxygen atoms in total. The molecule has 3 heterocycles. The van der Waals surface area contributed by atoms with E-state index in [1.165, 1.54) is 11.3 Å². The number of likely N-dealkylation sites (tertiary alicyclic amines) is 1. The smallest absolute Gasteiger partial charge is 0.266 e. The van der Waals surface area contributed by atoms with Crippen LogP contribution in [0.4, 0.5) is 0 Å². The summed E-state index contributed by atoms with van der Waals surface area (Å²) >= 11 is 7.41. The molecule has 0 radical (unpaired) electrons. The lowest BCUT2D eigenvalue weighted by Crippen LogP contribution is -2.38. The van der Waals surface area contributed by atoms with Crippen molar-refractivity contribution < 1.29 is 9.21 Å². The largest absolute Gasteiger partial charge is 0.443 e. The van der Waals surface area contributed by atoms with Crippen molar-refractivity contribution in [3.8, 4) is 0 Å². The van der Waals surface area contributed by atoms with Crippen LogP contribution < -0.4 is 0 Å². The normalized spacial score (nSPS) is 17.4. The summed E-state index contributed by atoms with van der Waals surface area (Å²) in [6.45, 7) is 0.716. The van der Waals surface area contributed by atoms with Crippen LogP contribution in [0.5, 0.6) is 0 Å². The van der Waals surface area contributed by atoms with Crippen molar-refractivity contribution >= 4 is 28.8 Å². The van der Waals surface area contributed by atoms with Crippen LogP contribution in [0, 0.1) is 0 Å². The second-order valence-corrected chi connectivity index (χ2v) is 7.67. The highest BCUT2D eigenvalue weighted by Gasteiger charge is 2.32. The van der Waals surface area contributed by atoms with Crippen LogP contribution in [0.3, 0.4) is 0 Å². The van der Waals surface area contributed by atoms with Crippen molar-refractivity contribution in [1.29, 1.82) is 0 Å². The van der Waals surface area contributed by atoms with E-state index in [1.807, 2.05) is 29.2 Å². The fraction of sp³-hybridized carbons (Fsp3) is 0.316. The third-order valence-corrected chi connectivity index (χ3v) is 5.53. The minimum atomic E-state index is -0.119. The number of rotatable bonds is 4. The Hall–Kier alpha value is -2.18. The summed E-state index contributed by atoms with van der Waals surface area (Å²) in [5.41, 5.74) is 2.75. The fourth-order valence-electron chi connectivity index (χ4n) is 3.30. The zero-order chi connectivity index (χ0) is 17.9. The molecule has 1 aliphatic heterocycles. The van der Waals surface area contributed by atoms with Crippen molar-refractivity contribution in [3.63, 3.8) is 0 Å². The zero-order valence-corrected chi connectivity index (χ0v) is 15.7. The van der Waals surface area contributed by atoms with Gasteiger partial charge in [0.15, 0.2) is 0 Å². The zero-order valence-electron chi connectivity index (χ0n) is 14.1. The van der Waals surface area contributed by atoms with Crippen LogP contribution in [-0.2, 0) is 6.42 Å². The number of benzene rings is 1. The minimum Gasteiger partial charge on any atom is -0.443 e. The molecule has 2 aromatic heterocycles. The summed E-state index contributed by atoms with van der Waals surface area (Å²) in [7, 11) is 0. The Morgan fingerprint density at radius 1 is 1.35 bits per heavy atom. The molecular formula is C19H18ClN3O2S. The average molecular weight is 388 g/mol. The second-order valence-electron chi connectivity index (χ2n) is 6.35. The highest BCUT2D eigenvalue weighted by molar-refractivity contribution is 7.11. The summed E-state index contributed by atoms with van der Waals surface area (Å²) < 4.78 is 6.00. The van der Waals surface area contributed by atoms with Crippen LogP contribution in [0.1, 0.15) is 52.2 Å². The molecule has 7 heteroatoms. The number of thiazole rings is 1.